The highest BCUT2D eigenvalue weighted by molar-refractivity contribution is 6.06. The first-order chi connectivity index (χ1) is 15.3. The highest BCUT2D eigenvalue weighted by atomic mass is 16.5. The summed E-state index contributed by atoms with van der Waals surface area (Å²) < 4.78 is 17.1. The molecular weight excluding hydrogens is 412 g/mol. The van der Waals surface area contributed by atoms with Crippen LogP contribution in [0.3, 0.4) is 0 Å². The Morgan fingerprint density at radius 1 is 1.06 bits per heavy atom. The van der Waals surface area contributed by atoms with Crippen LogP contribution in [0.4, 0.5) is 0 Å². The van der Waals surface area contributed by atoms with Crippen molar-refractivity contribution in [3.63, 3.8) is 0 Å². The van der Waals surface area contributed by atoms with Gasteiger partial charge in [-0.05, 0) is 57.0 Å². The zero-order valence-corrected chi connectivity index (χ0v) is 19.7. The maximum absolute atomic E-state index is 13.3. The van der Waals surface area contributed by atoms with Gasteiger partial charge in [0.05, 0.1) is 20.8 Å². The van der Waals surface area contributed by atoms with E-state index in [-0.39, 0.29) is 18.2 Å². The fourth-order valence-electron chi connectivity index (χ4n) is 3.70. The molecule has 1 aromatic heterocycles. The average molecular weight is 445 g/mol. The molecule has 0 fully saturated rings. The second-order valence-corrected chi connectivity index (χ2v) is 7.41. The fourth-order valence-corrected chi connectivity index (χ4v) is 3.70. The third-order valence-corrected chi connectivity index (χ3v) is 5.47. The van der Waals surface area contributed by atoms with Crippen molar-refractivity contribution < 1.29 is 28.6 Å². The fraction of sp³-hybridized carbons (Fsp3) is 0.458. The van der Waals surface area contributed by atoms with Crippen molar-refractivity contribution in [1.29, 1.82) is 0 Å². The number of esters is 1. The first-order valence-corrected chi connectivity index (χ1v) is 10.5. The van der Waals surface area contributed by atoms with E-state index in [4.69, 9.17) is 14.2 Å². The smallest absolute Gasteiger partial charge is 0.354 e. The van der Waals surface area contributed by atoms with Gasteiger partial charge in [0, 0.05) is 43.6 Å². The number of ether oxygens (including phenoxy) is 3. The van der Waals surface area contributed by atoms with Crippen LogP contribution in [0, 0.1) is 13.8 Å². The molecule has 0 aliphatic heterocycles. The van der Waals surface area contributed by atoms with Crippen molar-refractivity contribution in [2.75, 3.05) is 40.5 Å². The topological polar surface area (TPSA) is 87.1 Å². The lowest BCUT2D eigenvalue weighted by Crippen LogP contribution is -2.37. The van der Waals surface area contributed by atoms with Crippen molar-refractivity contribution in [3.8, 4) is 5.75 Å². The average Bonchev–Trinajstić information content (AvgIpc) is 3.02. The lowest BCUT2D eigenvalue weighted by molar-refractivity contribution is 0.0588. The zero-order valence-electron chi connectivity index (χ0n) is 19.7. The van der Waals surface area contributed by atoms with Gasteiger partial charge in [0.15, 0.2) is 5.78 Å². The molecular formula is C24H32N2O6. The van der Waals surface area contributed by atoms with Crippen LogP contribution < -0.4 is 4.74 Å². The van der Waals surface area contributed by atoms with Gasteiger partial charge in [-0.2, -0.15) is 0 Å². The van der Waals surface area contributed by atoms with Crippen LogP contribution in [0.1, 0.15) is 55.8 Å². The molecule has 0 saturated carbocycles. The minimum atomic E-state index is -0.505. The Labute approximate surface area is 189 Å². The summed E-state index contributed by atoms with van der Waals surface area (Å²) in [5.41, 5.74) is 2.43. The van der Waals surface area contributed by atoms with Crippen LogP contribution in [-0.4, -0.2) is 67.6 Å². The number of carbonyl (C=O) groups is 3. The first kappa shape index (κ1) is 25.1. The molecule has 0 radical (unpaired) electrons. The van der Waals surface area contributed by atoms with Crippen LogP contribution >= 0.6 is 0 Å². The molecule has 0 N–H and O–H groups in total. The van der Waals surface area contributed by atoms with Gasteiger partial charge in [0.1, 0.15) is 11.4 Å². The van der Waals surface area contributed by atoms with Crippen molar-refractivity contribution in [3.05, 3.63) is 52.3 Å². The zero-order chi connectivity index (χ0) is 23.8. The lowest BCUT2D eigenvalue weighted by atomic mass is 10.0. The minimum absolute atomic E-state index is 0.108. The third kappa shape index (κ3) is 5.56. The molecule has 174 valence electrons. The van der Waals surface area contributed by atoms with Crippen LogP contribution in [0.5, 0.6) is 5.75 Å². The van der Waals surface area contributed by atoms with Gasteiger partial charge < -0.3 is 23.7 Å². The highest BCUT2D eigenvalue weighted by Crippen LogP contribution is 2.23. The monoisotopic (exact) mass is 444 g/mol. The van der Waals surface area contributed by atoms with Crippen LogP contribution in [0.2, 0.25) is 0 Å². The number of Topliss-reactive ketones (excluding diaryl/α,β-unsaturated/α-hetero) is 1. The number of benzene rings is 1. The van der Waals surface area contributed by atoms with Gasteiger partial charge in [0.25, 0.3) is 5.91 Å². The van der Waals surface area contributed by atoms with E-state index in [0.717, 1.165) is 0 Å². The number of methoxy groups -OCH3 is 2. The Hall–Kier alpha value is -3.13. The molecule has 0 spiro atoms. The number of aromatic nitrogens is 1. The number of hydrogen-bond donors (Lipinski definition) is 0. The summed E-state index contributed by atoms with van der Waals surface area (Å²) in [6.45, 7) is 6.74. The molecule has 1 aromatic carbocycles. The molecule has 0 aliphatic rings. The molecule has 0 unspecified atom stereocenters. The predicted octanol–water partition coefficient (Wildman–Crippen LogP) is 3.19. The molecule has 0 atom stereocenters. The lowest BCUT2D eigenvalue weighted by Gasteiger charge is -2.22. The second kappa shape index (κ2) is 11.5. The standard InChI is InChI=1S/C24H32N2O6/c1-7-32-14-8-13-26(23(28)18-9-11-19(30-5)12-10-18)15-20(27)21-16(2)22(24(29)31-6)25(4)17(21)3/h9-12H,7-8,13-15H2,1-6H3. The normalized spacial score (nSPS) is 10.7. The number of amides is 1. The summed E-state index contributed by atoms with van der Waals surface area (Å²) in [5.74, 6) is -0.345. The van der Waals surface area contributed by atoms with E-state index in [1.165, 1.54) is 12.0 Å². The van der Waals surface area contributed by atoms with Crippen molar-refractivity contribution in [1.82, 2.24) is 9.47 Å². The van der Waals surface area contributed by atoms with Gasteiger partial charge in [-0.1, -0.05) is 0 Å². The first-order valence-electron chi connectivity index (χ1n) is 10.5. The summed E-state index contributed by atoms with van der Waals surface area (Å²) in [4.78, 5) is 40.2. The van der Waals surface area contributed by atoms with Gasteiger partial charge >= 0.3 is 5.97 Å². The molecule has 0 aliphatic carbocycles. The van der Waals surface area contributed by atoms with Gasteiger partial charge in [0.2, 0.25) is 0 Å². The number of carbonyl (C=O) groups excluding carboxylic acids is 3. The molecule has 32 heavy (non-hydrogen) atoms. The van der Waals surface area contributed by atoms with Gasteiger partial charge in [-0.25, -0.2) is 4.79 Å². The van der Waals surface area contributed by atoms with E-state index in [2.05, 4.69) is 0 Å². The summed E-state index contributed by atoms with van der Waals surface area (Å²) in [6, 6.07) is 6.77. The molecule has 2 rings (SSSR count). The predicted molar refractivity (Wildman–Crippen MR) is 121 cm³/mol. The Morgan fingerprint density at radius 3 is 2.28 bits per heavy atom. The Morgan fingerprint density at radius 2 is 1.72 bits per heavy atom. The van der Waals surface area contributed by atoms with Crippen molar-refractivity contribution in [2.45, 2.75) is 27.2 Å². The van der Waals surface area contributed by atoms with Crippen LogP contribution in [-0.2, 0) is 16.5 Å². The van der Waals surface area contributed by atoms with E-state index < -0.39 is 5.97 Å². The number of hydrogen-bond acceptors (Lipinski definition) is 6. The van der Waals surface area contributed by atoms with E-state index in [1.54, 1.807) is 56.8 Å². The van der Waals surface area contributed by atoms with Crippen LogP contribution in [0.25, 0.3) is 0 Å². The molecule has 8 nitrogen and oxygen atoms in total. The Bertz CT molecular complexity index is 962. The molecule has 0 saturated heterocycles. The van der Waals surface area contributed by atoms with E-state index in [1.807, 2.05) is 6.92 Å². The van der Waals surface area contributed by atoms with E-state index in [9.17, 15) is 14.4 Å². The van der Waals surface area contributed by atoms with Crippen molar-refractivity contribution in [2.24, 2.45) is 7.05 Å². The quantitative estimate of drug-likeness (QED) is 0.301. The summed E-state index contributed by atoms with van der Waals surface area (Å²) in [7, 11) is 4.58. The summed E-state index contributed by atoms with van der Waals surface area (Å²) in [6.07, 6.45) is 0.600. The van der Waals surface area contributed by atoms with Crippen LogP contribution in [0.15, 0.2) is 24.3 Å². The van der Waals surface area contributed by atoms with E-state index >= 15 is 0 Å². The maximum Gasteiger partial charge on any atom is 0.354 e. The molecule has 1 heterocycles. The maximum atomic E-state index is 13.3. The number of rotatable bonds is 11. The molecule has 0 bridgehead atoms. The molecule has 1 amide bonds. The highest BCUT2D eigenvalue weighted by Gasteiger charge is 2.27. The summed E-state index contributed by atoms with van der Waals surface area (Å²) >= 11 is 0. The molecule has 8 heteroatoms. The third-order valence-electron chi connectivity index (χ3n) is 5.47. The van der Waals surface area contributed by atoms with E-state index in [0.29, 0.717) is 60.0 Å². The largest absolute Gasteiger partial charge is 0.497 e. The summed E-state index contributed by atoms with van der Waals surface area (Å²) in [5, 5.41) is 0. The Kier molecular flexibility index (Phi) is 9.02. The number of nitrogens with zero attached hydrogens (tertiary/aromatic N) is 2. The molecule has 2 aromatic rings. The van der Waals surface area contributed by atoms with Gasteiger partial charge in [-0.3, -0.25) is 9.59 Å². The minimum Gasteiger partial charge on any atom is -0.497 e. The van der Waals surface area contributed by atoms with Crippen molar-refractivity contribution >= 4 is 17.7 Å². The second-order valence-electron chi connectivity index (χ2n) is 7.41. The SMILES string of the molecule is CCOCCCN(CC(=O)c1c(C)c(C(=O)OC)n(C)c1C)C(=O)c1ccc(OC)cc1. The Balaban J connectivity index is 2.31. The number of ketones is 1. The van der Waals surface area contributed by atoms with Gasteiger partial charge in [-0.15, -0.1) is 0 Å².